The molecule has 1 nitrogen and oxygen atoms in total. The van der Waals surface area contributed by atoms with Crippen LogP contribution in [-0.4, -0.2) is 13.1 Å². The summed E-state index contributed by atoms with van der Waals surface area (Å²) in [5.41, 5.74) is 4.25. The molecule has 103 valence electrons. The molecule has 1 aliphatic heterocycles. The second-order valence-electron chi connectivity index (χ2n) is 6.06. The van der Waals surface area contributed by atoms with Crippen molar-refractivity contribution < 1.29 is 0 Å². The summed E-state index contributed by atoms with van der Waals surface area (Å²) >= 11 is 0. The van der Waals surface area contributed by atoms with Gasteiger partial charge in [0.2, 0.25) is 0 Å². The van der Waals surface area contributed by atoms with Crippen molar-refractivity contribution in [3.8, 4) is 0 Å². The van der Waals surface area contributed by atoms with E-state index in [-0.39, 0.29) is 5.41 Å². The van der Waals surface area contributed by atoms with Crippen LogP contribution in [0.3, 0.4) is 0 Å². The molecule has 2 aromatic carbocycles. The van der Waals surface area contributed by atoms with Crippen LogP contribution in [0.15, 0.2) is 54.6 Å². The van der Waals surface area contributed by atoms with Gasteiger partial charge in [-0.1, -0.05) is 54.6 Å². The van der Waals surface area contributed by atoms with Gasteiger partial charge in [0.05, 0.1) is 0 Å². The van der Waals surface area contributed by atoms with Gasteiger partial charge in [0.1, 0.15) is 0 Å². The van der Waals surface area contributed by atoms with Gasteiger partial charge < -0.3 is 5.32 Å². The van der Waals surface area contributed by atoms with Gasteiger partial charge in [0.15, 0.2) is 0 Å². The minimum Gasteiger partial charge on any atom is -0.316 e. The van der Waals surface area contributed by atoms with E-state index in [0.29, 0.717) is 5.92 Å². The molecule has 0 aliphatic carbocycles. The Balaban J connectivity index is 1.90. The van der Waals surface area contributed by atoms with Crippen molar-refractivity contribution in [1.29, 1.82) is 0 Å². The van der Waals surface area contributed by atoms with E-state index in [1.165, 1.54) is 16.7 Å². The lowest BCUT2D eigenvalue weighted by atomic mass is 9.71. The molecule has 1 heteroatoms. The Kier molecular flexibility index (Phi) is 3.62. The number of rotatable bonds is 3. The standard InChI is InChI=1S/C19H22N/c1-15-8-6-7-11-17(15)18-13-20-14-19(18,2)12-16-9-4-3-5-10-16/h3-11,18,20H,2,12-14H2,1H3/t18-,19-/m1/s1. The van der Waals surface area contributed by atoms with Crippen LogP contribution in [0.1, 0.15) is 22.6 Å². The Morgan fingerprint density at radius 2 is 1.80 bits per heavy atom. The normalized spacial score (nSPS) is 25.8. The smallest absolute Gasteiger partial charge is 0.00379 e. The summed E-state index contributed by atoms with van der Waals surface area (Å²) in [7, 11) is 0. The average molecular weight is 264 g/mol. The molecule has 1 heterocycles. The van der Waals surface area contributed by atoms with Crippen LogP contribution in [0.5, 0.6) is 0 Å². The quantitative estimate of drug-likeness (QED) is 0.890. The lowest BCUT2D eigenvalue weighted by molar-refractivity contribution is 0.369. The molecule has 1 N–H and O–H groups in total. The Morgan fingerprint density at radius 3 is 2.55 bits per heavy atom. The fraction of sp³-hybridized carbons (Fsp3) is 0.316. The van der Waals surface area contributed by atoms with Crippen molar-refractivity contribution >= 4 is 0 Å². The topological polar surface area (TPSA) is 12.0 Å². The summed E-state index contributed by atoms with van der Waals surface area (Å²) in [5.74, 6) is 0.490. The number of aryl methyl sites for hydroxylation is 1. The first-order valence-corrected chi connectivity index (χ1v) is 7.34. The summed E-state index contributed by atoms with van der Waals surface area (Å²) in [4.78, 5) is 0. The molecular formula is C19H22N. The highest BCUT2D eigenvalue weighted by molar-refractivity contribution is 5.34. The van der Waals surface area contributed by atoms with Crippen LogP contribution in [-0.2, 0) is 6.42 Å². The molecule has 1 saturated heterocycles. The van der Waals surface area contributed by atoms with Crippen molar-refractivity contribution in [2.75, 3.05) is 13.1 Å². The van der Waals surface area contributed by atoms with Gasteiger partial charge in [-0.25, -0.2) is 0 Å². The van der Waals surface area contributed by atoms with Crippen molar-refractivity contribution in [1.82, 2.24) is 5.32 Å². The Labute approximate surface area is 122 Å². The molecular weight excluding hydrogens is 242 g/mol. The van der Waals surface area contributed by atoms with Gasteiger partial charge in [-0.3, -0.25) is 0 Å². The molecule has 0 bridgehead atoms. The summed E-state index contributed by atoms with van der Waals surface area (Å²) in [5, 5.41) is 3.55. The van der Waals surface area contributed by atoms with Crippen LogP contribution < -0.4 is 5.32 Å². The number of benzene rings is 2. The zero-order valence-electron chi connectivity index (χ0n) is 12.1. The largest absolute Gasteiger partial charge is 0.316 e. The second-order valence-corrected chi connectivity index (χ2v) is 6.06. The third kappa shape index (κ3) is 2.51. The molecule has 0 saturated carbocycles. The molecule has 2 aromatic rings. The van der Waals surface area contributed by atoms with E-state index < -0.39 is 0 Å². The van der Waals surface area contributed by atoms with Gasteiger partial charge in [-0.05, 0) is 42.4 Å². The molecule has 3 rings (SSSR count). The van der Waals surface area contributed by atoms with E-state index in [0.717, 1.165) is 19.5 Å². The van der Waals surface area contributed by atoms with Gasteiger partial charge in [-0.2, -0.15) is 0 Å². The van der Waals surface area contributed by atoms with E-state index in [4.69, 9.17) is 0 Å². The van der Waals surface area contributed by atoms with E-state index >= 15 is 0 Å². The van der Waals surface area contributed by atoms with E-state index in [1.54, 1.807) is 0 Å². The van der Waals surface area contributed by atoms with Crippen molar-refractivity contribution in [2.24, 2.45) is 5.41 Å². The Hall–Kier alpha value is -1.60. The minimum atomic E-state index is 0.0491. The van der Waals surface area contributed by atoms with Crippen molar-refractivity contribution in [2.45, 2.75) is 19.3 Å². The first-order valence-electron chi connectivity index (χ1n) is 7.34. The van der Waals surface area contributed by atoms with Gasteiger partial charge in [-0.15, -0.1) is 0 Å². The molecule has 0 unspecified atom stereocenters. The number of hydrogen-bond donors (Lipinski definition) is 1. The van der Waals surface area contributed by atoms with Crippen LogP contribution >= 0.6 is 0 Å². The molecule has 0 spiro atoms. The van der Waals surface area contributed by atoms with Gasteiger partial charge in [0, 0.05) is 19.0 Å². The summed E-state index contributed by atoms with van der Waals surface area (Å²) in [6.07, 6.45) is 1.03. The van der Waals surface area contributed by atoms with Gasteiger partial charge in [0.25, 0.3) is 0 Å². The summed E-state index contributed by atoms with van der Waals surface area (Å²) < 4.78 is 0. The zero-order valence-corrected chi connectivity index (χ0v) is 12.1. The molecule has 1 fully saturated rings. The molecule has 0 aromatic heterocycles. The van der Waals surface area contributed by atoms with E-state index in [9.17, 15) is 0 Å². The highest BCUT2D eigenvalue weighted by atomic mass is 14.9. The SMILES string of the molecule is [CH2][C@@]1(Cc2ccccc2)CNC[C@@H]1c1ccccc1C. The minimum absolute atomic E-state index is 0.0491. The number of hydrogen-bond acceptors (Lipinski definition) is 1. The maximum atomic E-state index is 4.60. The first kappa shape index (κ1) is 13.4. The molecule has 1 aliphatic rings. The fourth-order valence-corrected chi connectivity index (χ4v) is 3.41. The molecule has 20 heavy (non-hydrogen) atoms. The van der Waals surface area contributed by atoms with Gasteiger partial charge >= 0.3 is 0 Å². The molecule has 0 amide bonds. The van der Waals surface area contributed by atoms with Crippen LogP contribution in [0.25, 0.3) is 0 Å². The highest BCUT2D eigenvalue weighted by Gasteiger charge is 2.40. The fourth-order valence-electron chi connectivity index (χ4n) is 3.41. The van der Waals surface area contributed by atoms with E-state index in [1.807, 2.05) is 0 Å². The maximum absolute atomic E-state index is 4.60. The van der Waals surface area contributed by atoms with Crippen molar-refractivity contribution in [3.05, 3.63) is 78.2 Å². The lowest BCUT2D eigenvalue weighted by Gasteiger charge is -2.32. The monoisotopic (exact) mass is 264 g/mol. The zero-order chi connectivity index (χ0) is 14.0. The highest BCUT2D eigenvalue weighted by Crippen LogP contribution is 2.42. The lowest BCUT2D eigenvalue weighted by Crippen LogP contribution is -2.28. The first-order chi connectivity index (χ1) is 9.69. The van der Waals surface area contributed by atoms with Crippen LogP contribution in [0.2, 0.25) is 0 Å². The predicted octanol–water partition coefficient (Wildman–Crippen LogP) is 3.75. The molecule has 1 radical (unpaired) electrons. The maximum Gasteiger partial charge on any atom is 0.00379 e. The Morgan fingerprint density at radius 1 is 1.10 bits per heavy atom. The predicted molar refractivity (Wildman–Crippen MR) is 84.7 cm³/mol. The van der Waals surface area contributed by atoms with Crippen molar-refractivity contribution in [3.63, 3.8) is 0 Å². The number of nitrogens with one attached hydrogen (secondary N) is 1. The van der Waals surface area contributed by atoms with Crippen LogP contribution in [0, 0.1) is 19.3 Å². The summed E-state index contributed by atoms with van der Waals surface area (Å²) in [6.45, 7) is 8.82. The van der Waals surface area contributed by atoms with Crippen LogP contribution in [0.4, 0.5) is 0 Å². The van der Waals surface area contributed by atoms with E-state index in [2.05, 4.69) is 73.8 Å². The summed E-state index contributed by atoms with van der Waals surface area (Å²) in [6, 6.07) is 19.4. The Bertz CT molecular complexity index is 575. The third-order valence-corrected chi connectivity index (χ3v) is 4.53. The average Bonchev–Trinajstić information content (AvgIpc) is 2.82. The molecule has 2 atom stereocenters. The second kappa shape index (κ2) is 5.41. The third-order valence-electron chi connectivity index (χ3n) is 4.53.